The Labute approximate surface area is 306 Å². The molecule has 52 heavy (non-hydrogen) atoms. The number of amides is 2. The largest absolute Gasteiger partial charge is 0.437 e. The lowest BCUT2D eigenvalue weighted by molar-refractivity contribution is -0.134. The number of piperazine rings is 1. The fraction of sp³-hybridized carbons (Fsp3) is 0.463. The zero-order valence-corrected chi connectivity index (χ0v) is 30.8. The number of aliphatic hydroxyl groups excluding tert-OH is 2. The number of hydrogen-bond donors (Lipinski definition) is 4. The normalized spacial score (nSPS) is 20.9. The zero-order chi connectivity index (χ0) is 37.0. The molecule has 2 aliphatic rings. The van der Waals surface area contributed by atoms with Crippen LogP contribution in [-0.2, 0) is 28.0 Å². The van der Waals surface area contributed by atoms with Gasteiger partial charge in [0, 0.05) is 50.3 Å². The standard InChI is InChI=1S/C41H52N6O5/c1-40(2,3)45-38(51)33-26-47(41(4,5)39-43-24-35(52-39)32-17-11-12-18-42-32)20-19-46(33)25-30(48)22-29(21-27-13-7-6-8-14-27)37(50)44-36-31-16-10-9-15-28(31)23-34(36)49/h6-18,24,29-30,33-34,36,48-49H,19-23,25-26H2,1-5H3,(H,44,50)(H,45,51)/t29-,30+,33+,34-,36+/m1/s1. The molecule has 11 heteroatoms. The van der Waals surface area contributed by atoms with E-state index < -0.39 is 41.3 Å². The van der Waals surface area contributed by atoms with E-state index in [1.165, 1.54) is 0 Å². The van der Waals surface area contributed by atoms with Crippen molar-refractivity contribution in [1.82, 2.24) is 30.4 Å². The molecule has 0 unspecified atom stereocenters. The monoisotopic (exact) mass is 708 g/mol. The van der Waals surface area contributed by atoms with Crippen molar-refractivity contribution >= 4 is 11.8 Å². The minimum Gasteiger partial charge on any atom is -0.437 e. The first-order valence-corrected chi connectivity index (χ1v) is 18.3. The Kier molecular flexibility index (Phi) is 11.3. The van der Waals surface area contributed by atoms with Crippen LogP contribution in [0.2, 0.25) is 0 Å². The molecule has 2 aromatic heterocycles. The van der Waals surface area contributed by atoms with Crippen molar-refractivity contribution in [2.24, 2.45) is 5.92 Å². The molecule has 0 spiro atoms. The van der Waals surface area contributed by atoms with Crippen molar-refractivity contribution in [3.05, 3.63) is 108 Å². The second-order valence-corrected chi connectivity index (χ2v) is 15.7. The van der Waals surface area contributed by atoms with E-state index in [1.54, 1.807) is 12.4 Å². The van der Waals surface area contributed by atoms with Crippen LogP contribution < -0.4 is 10.6 Å². The molecule has 6 rings (SSSR count). The lowest BCUT2D eigenvalue weighted by Gasteiger charge is -2.47. The number of nitrogens with zero attached hydrogens (tertiary/aromatic N) is 4. The maximum Gasteiger partial charge on any atom is 0.239 e. The van der Waals surface area contributed by atoms with Gasteiger partial charge in [-0.25, -0.2) is 4.98 Å². The molecule has 276 valence electrons. The summed E-state index contributed by atoms with van der Waals surface area (Å²) in [4.78, 5) is 41.1. The Balaban J connectivity index is 1.18. The molecule has 4 aromatic rings. The number of oxazole rings is 1. The fourth-order valence-corrected chi connectivity index (χ4v) is 7.44. The first kappa shape index (κ1) is 37.3. The van der Waals surface area contributed by atoms with Crippen LogP contribution in [0.4, 0.5) is 0 Å². The number of fused-ring (bicyclic) bond motifs is 1. The summed E-state index contributed by atoms with van der Waals surface area (Å²) >= 11 is 0. The van der Waals surface area contributed by atoms with Crippen molar-refractivity contribution in [2.75, 3.05) is 26.2 Å². The van der Waals surface area contributed by atoms with E-state index in [-0.39, 0.29) is 24.8 Å². The topological polar surface area (TPSA) is 144 Å². The lowest BCUT2D eigenvalue weighted by Crippen LogP contribution is -2.64. The van der Waals surface area contributed by atoms with Crippen LogP contribution in [-0.4, -0.2) is 91.8 Å². The highest BCUT2D eigenvalue weighted by molar-refractivity contribution is 5.83. The van der Waals surface area contributed by atoms with Crippen molar-refractivity contribution in [1.29, 1.82) is 0 Å². The average molecular weight is 709 g/mol. The lowest BCUT2D eigenvalue weighted by atomic mass is 9.91. The van der Waals surface area contributed by atoms with Gasteiger partial charge < -0.3 is 25.3 Å². The molecule has 0 bridgehead atoms. The van der Waals surface area contributed by atoms with E-state index in [9.17, 15) is 19.8 Å². The van der Waals surface area contributed by atoms with Crippen LogP contribution in [0.3, 0.4) is 0 Å². The maximum absolute atomic E-state index is 14.0. The quantitative estimate of drug-likeness (QED) is 0.170. The van der Waals surface area contributed by atoms with Gasteiger partial charge in [-0.1, -0.05) is 60.7 Å². The van der Waals surface area contributed by atoms with Gasteiger partial charge in [0.1, 0.15) is 11.7 Å². The van der Waals surface area contributed by atoms with Gasteiger partial charge >= 0.3 is 0 Å². The van der Waals surface area contributed by atoms with Crippen molar-refractivity contribution in [3.63, 3.8) is 0 Å². The zero-order valence-electron chi connectivity index (χ0n) is 30.8. The van der Waals surface area contributed by atoms with Gasteiger partial charge in [-0.05, 0) is 76.3 Å². The Morgan fingerprint density at radius 2 is 1.69 bits per heavy atom. The van der Waals surface area contributed by atoms with E-state index in [0.29, 0.717) is 49.8 Å². The van der Waals surface area contributed by atoms with Crippen molar-refractivity contribution in [2.45, 2.75) is 89.3 Å². The number of benzene rings is 2. The Morgan fingerprint density at radius 3 is 2.42 bits per heavy atom. The number of aliphatic hydroxyl groups is 2. The highest BCUT2D eigenvalue weighted by Gasteiger charge is 2.43. The summed E-state index contributed by atoms with van der Waals surface area (Å²) in [6.07, 6.45) is 2.89. The van der Waals surface area contributed by atoms with Gasteiger partial charge in [0.15, 0.2) is 5.76 Å². The summed E-state index contributed by atoms with van der Waals surface area (Å²) in [6, 6.07) is 22.1. The molecule has 1 saturated heterocycles. The third-order valence-corrected chi connectivity index (χ3v) is 10.2. The van der Waals surface area contributed by atoms with Crippen LogP contribution >= 0.6 is 0 Å². The van der Waals surface area contributed by atoms with Gasteiger partial charge in [0.05, 0.1) is 30.0 Å². The van der Waals surface area contributed by atoms with E-state index in [4.69, 9.17) is 4.42 Å². The molecule has 1 aliphatic carbocycles. The molecule has 1 aliphatic heterocycles. The van der Waals surface area contributed by atoms with Gasteiger partial charge in [-0.2, -0.15) is 0 Å². The van der Waals surface area contributed by atoms with Crippen LogP contribution in [0.25, 0.3) is 11.5 Å². The number of hydrogen-bond acceptors (Lipinski definition) is 9. The Hall–Kier alpha value is -4.42. The van der Waals surface area contributed by atoms with Crippen LogP contribution in [0, 0.1) is 5.92 Å². The van der Waals surface area contributed by atoms with Crippen LogP contribution in [0.5, 0.6) is 0 Å². The SMILES string of the molecule is CC(C)(C)NC(=O)[C@@H]1CN(C(C)(C)c2ncc(-c3ccccn3)o2)CCN1C[C@@H](O)C[C@@H](Cc1ccccc1)C(=O)N[C@H]1c2ccccc2C[C@H]1O. The maximum atomic E-state index is 14.0. The second-order valence-electron chi connectivity index (χ2n) is 15.7. The predicted octanol–water partition coefficient (Wildman–Crippen LogP) is 4.26. The smallest absolute Gasteiger partial charge is 0.239 e. The number of carbonyl (C=O) groups is 2. The molecule has 3 heterocycles. The first-order valence-electron chi connectivity index (χ1n) is 18.3. The summed E-state index contributed by atoms with van der Waals surface area (Å²) in [5, 5.41) is 28.8. The molecular formula is C41H52N6O5. The van der Waals surface area contributed by atoms with Gasteiger partial charge in [-0.15, -0.1) is 0 Å². The third-order valence-electron chi connectivity index (χ3n) is 10.2. The molecule has 1 fully saturated rings. The number of rotatable bonds is 12. The van der Waals surface area contributed by atoms with Crippen LogP contribution in [0.1, 0.15) is 69.7 Å². The molecule has 2 aromatic carbocycles. The van der Waals surface area contributed by atoms with Crippen molar-refractivity contribution < 1.29 is 24.2 Å². The fourth-order valence-electron chi connectivity index (χ4n) is 7.44. The molecule has 4 N–H and O–H groups in total. The first-order chi connectivity index (χ1) is 24.8. The summed E-state index contributed by atoms with van der Waals surface area (Å²) in [7, 11) is 0. The van der Waals surface area contributed by atoms with E-state index in [1.807, 2.05) is 112 Å². The number of nitrogens with one attached hydrogen (secondary N) is 2. The molecule has 2 amide bonds. The highest BCUT2D eigenvalue weighted by Crippen LogP contribution is 2.34. The minimum atomic E-state index is -0.891. The summed E-state index contributed by atoms with van der Waals surface area (Å²) < 4.78 is 6.22. The summed E-state index contributed by atoms with van der Waals surface area (Å²) in [5.41, 5.74) is 2.54. The molecule has 11 nitrogen and oxygen atoms in total. The molecule has 0 saturated carbocycles. The van der Waals surface area contributed by atoms with Crippen molar-refractivity contribution in [3.8, 4) is 11.5 Å². The van der Waals surface area contributed by atoms with E-state index >= 15 is 0 Å². The Bertz CT molecular complexity index is 1810. The number of β-amino-alcohol motifs (C(OH)–C–C–N with tert-alkyl or cyclic N) is 1. The van der Waals surface area contributed by atoms with Crippen LogP contribution in [0.15, 0.2) is 89.6 Å². The van der Waals surface area contributed by atoms with Gasteiger partial charge in [-0.3, -0.25) is 24.4 Å². The molecule has 0 radical (unpaired) electrons. The highest BCUT2D eigenvalue weighted by atomic mass is 16.4. The predicted molar refractivity (Wildman–Crippen MR) is 199 cm³/mol. The average Bonchev–Trinajstić information content (AvgIpc) is 3.74. The summed E-state index contributed by atoms with van der Waals surface area (Å²) in [5.74, 6) is 0.204. The van der Waals surface area contributed by atoms with Gasteiger partial charge in [0.25, 0.3) is 0 Å². The van der Waals surface area contributed by atoms with Gasteiger partial charge in [0.2, 0.25) is 17.7 Å². The Morgan fingerprint density at radius 1 is 0.962 bits per heavy atom. The molecule has 5 atom stereocenters. The molecular weight excluding hydrogens is 656 g/mol. The number of carbonyl (C=O) groups excluding carboxylic acids is 2. The van der Waals surface area contributed by atoms with E-state index in [0.717, 1.165) is 16.7 Å². The summed E-state index contributed by atoms with van der Waals surface area (Å²) in [6.45, 7) is 11.6. The van der Waals surface area contributed by atoms with E-state index in [2.05, 4.69) is 25.5 Å². The number of aromatic nitrogens is 2. The minimum absolute atomic E-state index is 0.130. The third kappa shape index (κ3) is 8.78. The second kappa shape index (κ2) is 15.7. The number of pyridine rings is 1.